The highest BCUT2D eigenvalue weighted by atomic mass is 32.2. The first kappa shape index (κ1) is 10.9. The van der Waals surface area contributed by atoms with Crippen LogP contribution < -0.4 is 0 Å². The van der Waals surface area contributed by atoms with Crippen molar-refractivity contribution in [1.29, 1.82) is 0 Å². The average Bonchev–Trinajstić information content (AvgIpc) is 2.04. The summed E-state index contributed by atoms with van der Waals surface area (Å²) in [5.74, 6) is 0.503. The number of aliphatic hydroxyl groups excluding tert-OH is 1. The molecular weight excluding hydrogens is 190 g/mol. The van der Waals surface area contributed by atoms with Crippen molar-refractivity contribution in [1.82, 2.24) is 4.31 Å². The molecule has 0 radical (unpaired) electrons. The van der Waals surface area contributed by atoms with E-state index in [0.717, 1.165) is 19.3 Å². The molecule has 0 saturated carbocycles. The first-order valence-electron chi connectivity index (χ1n) is 4.60. The maximum Gasteiger partial charge on any atom is 0.211 e. The third-order valence-corrected chi connectivity index (χ3v) is 3.88. The minimum Gasteiger partial charge on any atom is -0.396 e. The number of piperidine rings is 1. The van der Waals surface area contributed by atoms with Crippen LogP contribution in [0.3, 0.4) is 0 Å². The van der Waals surface area contributed by atoms with Crippen LogP contribution in [-0.4, -0.2) is 43.8 Å². The van der Waals surface area contributed by atoms with Gasteiger partial charge in [-0.1, -0.05) is 0 Å². The Morgan fingerprint density at radius 1 is 1.38 bits per heavy atom. The summed E-state index contributed by atoms with van der Waals surface area (Å²) in [5.41, 5.74) is 0. The number of hydrogen-bond donors (Lipinski definition) is 1. The number of aliphatic hydroxyl groups is 1. The van der Waals surface area contributed by atoms with Crippen molar-refractivity contribution in [3.05, 3.63) is 0 Å². The molecule has 0 aromatic carbocycles. The Bertz CT molecular complexity index is 242. The first-order chi connectivity index (χ1) is 6.04. The topological polar surface area (TPSA) is 57.6 Å². The molecule has 0 aliphatic carbocycles. The van der Waals surface area contributed by atoms with Gasteiger partial charge in [-0.3, -0.25) is 0 Å². The highest BCUT2D eigenvalue weighted by Crippen LogP contribution is 2.21. The van der Waals surface area contributed by atoms with Gasteiger partial charge in [0.2, 0.25) is 10.0 Å². The fraction of sp³-hybridized carbons (Fsp3) is 1.00. The summed E-state index contributed by atoms with van der Waals surface area (Å²) in [6, 6.07) is 0. The zero-order chi connectivity index (χ0) is 9.90. The Hall–Kier alpha value is -0.130. The van der Waals surface area contributed by atoms with Crippen LogP contribution in [-0.2, 0) is 10.0 Å². The summed E-state index contributed by atoms with van der Waals surface area (Å²) in [5, 5.41) is 8.71. The van der Waals surface area contributed by atoms with E-state index in [1.165, 1.54) is 10.6 Å². The van der Waals surface area contributed by atoms with Crippen molar-refractivity contribution in [3.63, 3.8) is 0 Å². The molecule has 1 N–H and O–H groups in total. The van der Waals surface area contributed by atoms with E-state index < -0.39 is 10.0 Å². The molecule has 0 unspecified atom stereocenters. The monoisotopic (exact) mass is 207 g/mol. The minimum absolute atomic E-state index is 0.212. The van der Waals surface area contributed by atoms with E-state index in [4.69, 9.17) is 5.11 Å². The molecule has 0 spiro atoms. The molecule has 4 nitrogen and oxygen atoms in total. The lowest BCUT2D eigenvalue weighted by Gasteiger charge is -2.29. The predicted molar refractivity (Wildman–Crippen MR) is 50.8 cm³/mol. The summed E-state index contributed by atoms with van der Waals surface area (Å²) in [6.45, 7) is 1.44. The van der Waals surface area contributed by atoms with E-state index in [1.807, 2.05) is 0 Å². The van der Waals surface area contributed by atoms with Gasteiger partial charge in [-0.2, -0.15) is 0 Å². The summed E-state index contributed by atoms with van der Waals surface area (Å²) in [7, 11) is -2.99. The van der Waals surface area contributed by atoms with Crippen LogP contribution in [0.4, 0.5) is 0 Å². The van der Waals surface area contributed by atoms with Crippen LogP contribution in [0.5, 0.6) is 0 Å². The van der Waals surface area contributed by atoms with Gasteiger partial charge in [-0.25, -0.2) is 12.7 Å². The molecule has 1 aliphatic heterocycles. The fourth-order valence-electron chi connectivity index (χ4n) is 1.71. The van der Waals surface area contributed by atoms with Crippen molar-refractivity contribution in [2.45, 2.75) is 19.3 Å². The van der Waals surface area contributed by atoms with E-state index in [-0.39, 0.29) is 6.61 Å². The summed E-state index contributed by atoms with van der Waals surface area (Å²) in [6.07, 6.45) is 3.82. The predicted octanol–water partition coefficient (Wildman–Crippen LogP) is 0.0404. The lowest BCUT2D eigenvalue weighted by atomic mass is 9.95. The number of rotatable bonds is 3. The van der Waals surface area contributed by atoms with Gasteiger partial charge >= 0.3 is 0 Å². The molecular formula is C8H17NO3S. The fourth-order valence-corrected chi connectivity index (χ4v) is 2.59. The third kappa shape index (κ3) is 3.25. The molecule has 78 valence electrons. The lowest BCUT2D eigenvalue weighted by molar-refractivity contribution is 0.208. The highest BCUT2D eigenvalue weighted by Gasteiger charge is 2.24. The summed E-state index contributed by atoms with van der Waals surface area (Å²) < 4.78 is 23.8. The smallest absolute Gasteiger partial charge is 0.211 e. The molecule has 1 aliphatic rings. The van der Waals surface area contributed by atoms with Crippen molar-refractivity contribution in [2.75, 3.05) is 26.0 Å². The van der Waals surface area contributed by atoms with E-state index in [9.17, 15) is 8.42 Å². The Labute approximate surface area is 79.6 Å². The number of nitrogens with zero attached hydrogens (tertiary/aromatic N) is 1. The molecule has 5 heteroatoms. The van der Waals surface area contributed by atoms with Gasteiger partial charge in [-0.15, -0.1) is 0 Å². The molecule has 1 heterocycles. The van der Waals surface area contributed by atoms with Gasteiger partial charge in [-0.05, 0) is 25.2 Å². The zero-order valence-corrected chi connectivity index (χ0v) is 8.76. The normalized spacial score (nSPS) is 22.0. The van der Waals surface area contributed by atoms with Crippen LogP contribution in [0.15, 0.2) is 0 Å². The van der Waals surface area contributed by atoms with Crippen LogP contribution in [0.2, 0.25) is 0 Å². The highest BCUT2D eigenvalue weighted by molar-refractivity contribution is 7.88. The zero-order valence-electron chi connectivity index (χ0n) is 7.94. The van der Waals surface area contributed by atoms with Crippen molar-refractivity contribution >= 4 is 10.0 Å². The van der Waals surface area contributed by atoms with E-state index in [2.05, 4.69) is 0 Å². The molecule has 0 aromatic heterocycles. The third-order valence-electron chi connectivity index (χ3n) is 2.58. The van der Waals surface area contributed by atoms with Crippen molar-refractivity contribution in [2.24, 2.45) is 5.92 Å². The molecule has 13 heavy (non-hydrogen) atoms. The van der Waals surface area contributed by atoms with Gasteiger partial charge in [0.1, 0.15) is 0 Å². The standard InChI is InChI=1S/C8H17NO3S/c1-13(11,12)9-5-2-8(3-6-9)4-7-10/h8,10H,2-7H2,1H3. The second kappa shape index (κ2) is 4.39. The Balaban J connectivity index is 2.39. The van der Waals surface area contributed by atoms with Crippen LogP contribution in [0.1, 0.15) is 19.3 Å². The molecule has 0 atom stereocenters. The maximum absolute atomic E-state index is 11.1. The molecule has 1 fully saturated rings. The second-order valence-electron chi connectivity index (χ2n) is 3.62. The number of hydrogen-bond acceptors (Lipinski definition) is 3. The van der Waals surface area contributed by atoms with E-state index >= 15 is 0 Å². The summed E-state index contributed by atoms with van der Waals surface area (Å²) in [4.78, 5) is 0. The molecule has 0 bridgehead atoms. The van der Waals surface area contributed by atoms with Crippen molar-refractivity contribution in [3.8, 4) is 0 Å². The molecule has 1 saturated heterocycles. The van der Waals surface area contributed by atoms with Gasteiger partial charge in [0.25, 0.3) is 0 Å². The maximum atomic E-state index is 11.1. The van der Waals surface area contributed by atoms with Crippen molar-refractivity contribution < 1.29 is 13.5 Å². The average molecular weight is 207 g/mol. The lowest BCUT2D eigenvalue weighted by Crippen LogP contribution is -2.37. The molecule has 0 amide bonds. The summed E-state index contributed by atoms with van der Waals surface area (Å²) >= 11 is 0. The van der Waals surface area contributed by atoms with Gasteiger partial charge < -0.3 is 5.11 Å². The van der Waals surface area contributed by atoms with Crippen LogP contribution in [0, 0.1) is 5.92 Å². The van der Waals surface area contributed by atoms with E-state index in [0.29, 0.717) is 19.0 Å². The van der Waals surface area contributed by atoms with Crippen LogP contribution in [0.25, 0.3) is 0 Å². The Morgan fingerprint density at radius 2 is 1.92 bits per heavy atom. The second-order valence-corrected chi connectivity index (χ2v) is 5.60. The largest absolute Gasteiger partial charge is 0.396 e. The Kier molecular flexibility index (Phi) is 3.70. The molecule has 0 aromatic rings. The van der Waals surface area contributed by atoms with E-state index in [1.54, 1.807) is 0 Å². The van der Waals surface area contributed by atoms with Gasteiger partial charge in [0, 0.05) is 19.7 Å². The molecule has 1 rings (SSSR count). The Morgan fingerprint density at radius 3 is 2.31 bits per heavy atom. The quantitative estimate of drug-likeness (QED) is 0.711. The van der Waals surface area contributed by atoms with Gasteiger partial charge in [0.05, 0.1) is 6.26 Å². The minimum atomic E-state index is -2.99. The van der Waals surface area contributed by atoms with Gasteiger partial charge in [0.15, 0.2) is 0 Å². The SMILES string of the molecule is CS(=O)(=O)N1CCC(CCO)CC1. The number of sulfonamides is 1. The van der Waals surface area contributed by atoms with Crippen LogP contribution >= 0.6 is 0 Å². The first-order valence-corrected chi connectivity index (χ1v) is 6.45.